The summed E-state index contributed by atoms with van der Waals surface area (Å²) in [7, 11) is 0. The van der Waals surface area contributed by atoms with E-state index >= 15 is 0 Å². The van der Waals surface area contributed by atoms with E-state index in [0.29, 0.717) is 24.0 Å². The fraction of sp³-hybridized carbons (Fsp3) is 0.455. The molecular weight excluding hydrogens is 358 g/mol. The highest BCUT2D eigenvalue weighted by Gasteiger charge is 2.58. The Hall–Kier alpha value is -2.60. The number of ether oxygens (including phenoxy) is 1. The van der Waals surface area contributed by atoms with Gasteiger partial charge >= 0.3 is 5.97 Å². The first-order chi connectivity index (χ1) is 13.4. The minimum absolute atomic E-state index is 0.00818. The Kier molecular flexibility index (Phi) is 3.72. The van der Waals surface area contributed by atoms with Crippen LogP contribution in [-0.2, 0) is 5.54 Å². The second kappa shape index (κ2) is 5.95. The summed E-state index contributed by atoms with van der Waals surface area (Å²) in [6.45, 7) is 0. The van der Waals surface area contributed by atoms with Gasteiger partial charge in [-0.15, -0.1) is 0 Å². The van der Waals surface area contributed by atoms with Crippen LogP contribution in [-0.4, -0.2) is 26.4 Å². The Morgan fingerprint density at radius 2 is 1.75 bits per heavy atom. The van der Waals surface area contributed by atoms with Crippen LogP contribution in [0, 0.1) is 11.8 Å². The first kappa shape index (κ1) is 17.5. The van der Waals surface area contributed by atoms with Crippen LogP contribution in [0.1, 0.15) is 48.9 Å². The number of carbonyl (C=O) groups is 1. The van der Waals surface area contributed by atoms with Crippen LogP contribution in [0.4, 0.5) is 0 Å². The van der Waals surface area contributed by atoms with Gasteiger partial charge in [0.25, 0.3) is 0 Å². The van der Waals surface area contributed by atoms with Crippen molar-refractivity contribution in [2.24, 2.45) is 11.8 Å². The Morgan fingerprint density at radius 3 is 2.36 bits per heavy atom. The molecule has 6 rings (SSSR count). The molecule has 0 unspecified atom stereocenters. The van der Waals surface area contributed by atoms with E-state index in [1.807, 2.05) is 10.6 Å². The lowest BCUT2D eigenvalue weighted by molar-refractivity contribution is -0.156. The van der Waals surface area contributed by atoms with E-state index in [0.717, 1.165) is 32.1 Å². The topological polar surface area (TPSA) is 88.8 Å². The molecular formula is C22H23NO5. The van der Waals surface area contributed by atoms with Crippen molar-refractivity contribution in [3.63, 3.8) is 0 Å². The Labute approximate surface area is 162 Å². The van der Waals surface area contributed by atoms with E-state index in [2.05, 4.69) is 0 Å². The van der Waals surface area contributed by atoms with Gasteiger partial charge in [0.05, 0.1) is 11.8 Å². The molecule has 0 amide bonds. The molecule has 4 aliphatic carbocycles. The molecule has 0 aliphatic heterocycles. The van der Waals surface area contributed by atoms with Gasteiger partial charge in [0, 0.05) is 11.7 Å². The van der Waals surface area contributed by atoms with Crippen molar-refractivity contribution in [2.75, 3.05) is 0 Å². The third-order valence-electron chi connectivity index (χ3n) is 6.74. The molecule has 2 atom stereocenters. The smallest absolute Gasteiger partial charge is 0.341 e. The predicted octanol–water partition coefficient (Wildman–Crippen LogP) is 3.38. The maximum absolute atomic E-state index is 12.7. The lowest BCUT2D eigenvalue weighted by Gasteiger charge is -2.60. The van der Waals surface area contributed by atoms with Gasteiger partial charge in [0.15, 0.2) is 5.75 Å². The molecule has 6 nitrogen and oxygen atoms in total. The summed E-state index contributed by atoms with van der Waals surface area (Å²) >= 11 is 0. The van der Waals surface area contributed by atoms with Crippen LogP contribution in [0.3, 0.4) is 0 Å². The summed E-state index contributed by atoms with van der Waals surface area (Å²) < 4.78 is 7.63. The Bertz CT molecular complexity index is 982. The van der Waals surface area contributed by atoms with E-state index in [1.165, 1.54) is 6.20 Å². The minimum atomic E-state index is -1.26. The number of nitrogens with zero attached hydrogens (tertiary/aromatic N) is 1. The van der Waals surface area contributed by atoms with Crippen molar-refractivity contribution < 1.29 is 19.7 Å². The molecule has 4 fully saturated rings. The molecule has 4 aliphatic rings. The van der Waals surface area contributed by atoms with Crippen LogP contribution < -0.4 is 10.2 Å². The molecule has 146 valence electrons. The van der Waals surface area contributed by atoms with E-state index in [1.54, 1.807) is 30.5 Å². The lowest BCUT2D eigenvalue weighted by atomic mass is 9.51. The molecule has 2 aromatic rings. The number of carboxylic acid groups (broad SMARTS) is 1. The summed E-state index contributed by atoms with van der Waals surface area (Å²) in [6.07, 6.45) is 8.26. The maximum Gasteiger partial charge on any atom is 0.341 e. The molecule has 0 spiro atoms. The molecule has 1 aromatic carbocycles. The van der Waals surface area contributed by atoms with Crippen molar-refractivity contribution in [2.45, 2.75) is 49.7 Å². The maximum atomic E-state index is 12.7. The summed E-state index contributed by atoms with van der Waals surface area (Å²) in [4.78, 5) is 24.4. The van der Waals surface area contributed by atoms with Crippen molar-refractivity contribution in [1.82, 2.24) is 4.57 Å². The van der Waals surface area contributed by atoms with Crippen molar-refractivity contribution in [3.05, 3.63) is 58.5 Å². The average molecular weight is 381 g/mol. The zero-order valence-corrected chi connectivity index (χ0v) is 15.5. The molecule has 1 heterocycles. The van der Waals surface area contributed by atoms with Crippen LogP contribution in [0.25, 0.3) is 0 Å². The van der Waals surface area contributed by atoms with Crippen molar-refractivity contribution in [3.8, 4) is 11.5 Å². The van der Waals surface area contributed by atoms with Gasteiger partial charge in [-0.05, 0) is 62.5 Å². The zero-order chi connectivity index (χ0) is 19.5. The monoisotopic (exact) mass is 381 g/mol. The molecule has 6 heteroatoms. The van der Waals surface area contributed by atoms with Crippen molar-refractivity contribution in [1.29, 1.82) is 0 Å². The normalized spacial score (nSPS) is 33.0. The van der Waals surface area contributed by atoms with Crippen LogP contribution >= 0.6 is 0 Å². The largest absolute Gasteiger partial charge is 0.477 e. The first-order valence-electron chi connectivity index (χ1n) is 9.81. The third-order valence-corrected chi connectivity index (χ3v) is 6.74. The fourth-order valence-electron chi connectivity index (χ4n) is 6.14. The van der Waals surface area contributed by atoms with Gasteiger partial charge in [0.1, 0.15) is 11.3 Å². The number of benzene rings is 1. The fourth-order valence-corrected chi connectivity index (χ4v) is 6.14. The minimum Gasteiger partial charge on any atom is -0.477 e. The summed E-state index contributed by atoms with van der Waals surface area (Å²) in [6, 6.07) is 8.89. The van der Waals surface area contributed by atoms with E-state index in [9.17, 15) is 19.8 Å². The summed E-state index contributed by atoms with van der Waals surface area (Å²) in [5, 5.41) is 20.6. The van der Waals surface area contributed by atoms with Gasteiger partial charge < -0.3 is 19.5 Å². The zero-order valence-electron chi connectivity index (χ0n) is 15.5. The second-order valence-electron chi connectivity index (χ2n) is 8.90. The molecule has 4 bridgehead atoms. The van der Waals surface area contributed by atoms with Gasteiger partial charge in [-0.2, -0.15) is 0 Å². The number of carboxylic acids is 1. The summed E-state index contributed by atoms with van der Waals surface area (Å²) in [5.41, 5.74) is -1.96. The van der Waals surface area contributed by atoms with Crippen LogP contribution in [0.2, 0.25) is 0 Å². The molecule has 0 radical (unpaired) electrons. The number of aromatic carboxylic acids is 1. The number of para-hydroxylation sites is 1. The standard InChI is InChI=1S/C22H23NO5/c24-19-17(20(25)26)11-23(12-18(19)28-16-4-2-1-3-5-16)21-7-14-6-15(8-21)10-22(27,9-14)13-21/h1-5,11-12,14-15,27H,6-10,13H2,(H,25,26)/t14-,15-,21?,22?/m0/s1. The highest BCUT2D eigenvalue weighted by molar-refractivity contribution is 5.87. The van der Waals surface area contributed by atoms with Gasteiger partial charge in [-0.25, -0.2) is 4.79 Å². The Morgan fingerprint density at radius 1 is 1.07 bits per heavy atom. The highest BCUT2D eigenvalue weighted by Crippen LogP contribution is 2.60. The number of aromatic nitrogens is 1. The first-order valence-corrected chi connectivity index (χ1v) is 9.81. The Balaban J connectivity index is 1.62. The molecule has 1 aromatic heterocycles. The number of pyridine rings is 1. The van der Waals surface area contributed by atoms with Crippen LogP contribution in [0.5, 0.6) is 11.5 Å². The van der Waals surface area contributed by atoms with Gasteiger partial charge in [-0.3, -0.25) is 4.79 Å². The van der Waals surface area contributed by atoms with Gasteiger partial charge in [0.2, 0.25) is 5.43 Å². The predicted molar refractivity (Wildman–Crippen MR) is 102 cm³/mol. The third kappa shape index (κ3) is 2.75. The summed E-state index contributed by atoms with van der Waals surface area (Å²) in [5.74, 6) is 0.113. The number of aliphatic hydroxyl groups is 1. The lowest BCUT2D eigenvalue weighted by Crippen LogP contribution is -2.59. The van der Waals surface area contributed by atoms with E-state index < -0.39 is 17.0 Å². The number of hydrogen-bond acceptors (Lipinski definition) is 4. The van der Waals surface area contributed by atoms with E-state index in [4.69, 9.17) is 4.74 Å². The number of rotatable bonds is 4. The average Bonchev–Trinajstić information content (AvgIpc) is 2.62. The molecule has 0 saturated heterocycles. The molecule has 2 N–H and O–H groups in total. The SMILES string of the molecule is O=C(O)c1cn(C23C[C@@H]4C[C@H](CC(O)(C4)C2)C3)cc(Oc2ccccc2)c1=O. The quantitative estimate of drug-likeness (QED) is 0.848. The number of hydrogen-bond donors (Lipinski definition) is 2. The van der Waals surface area contributed by atoms with Crippen LogP contribution in [0.15, 0.2) is 47.5 Å². The molecule has 4 saturated carbocycles. The van der Waals surface area contributed by atoms with Crippen molar-refractivity contribution >= 4 is 5.97 Å². The van der Waals surface area contributed by atoms with E-state index in [-0.39, 0.29) is 16.9 Å². The molecule has 28 heavy (non-hydrogen) atoms. The van der Waals surface area contributed by atoms with Gasteiger partial charge in [-0.1, -0.05) is 18.2 Å². The second-order valence-corrected chi connectivity index (χ2v) is 8.90. The highest BCUT2D eigenvalue weighted by atomic mass is 16.5.